The van der Waals surface area contributed by atoms with Gasteiger partial charge in [0.25, 0.3) is 0 Å². The molecule has 4 heteroatoms. The third-order valence-electron chi connectivity index (χ3n) is 2.23. The van der Waals surface area contributed by atoms with Gasteiger partial charge in [0, 0.05) is 25.6 Å². The molecule has 0 saturated heterocycles. The summed E-state index contributed by atoms with van der Waals surface area (Å²) >= 11 is 0. The van der Waals surface area contributed by atoms with Gasteiger partial charge in [-0.05, 0) is 6.42 Å². The Morgan fingerprint density at radius 3 is 2.94 bits per heavy atom. The van der Waals surface area contributed by atoms with Crippen LogP contribution in [0.25, 0.3) is 0 Å². The van der Waals surface area contributed by atoms with Crippen LogP contribution in [0, 0.1) is 0 Å². The van der Waals surface area contributed by atoms with E-state index >= 15 is 0 Å². The summed E-state index contributed by atoms with van der Waals surface area (Å²) in [5.41, 5.74) is 0.994. The SMILES string of the molecule is CCCOCCc1ocnc1CNC(C)C. The molecular formula is C12H22N2O2. The van der Waals surface area contributed by atoms with E-state index in [9.17, 15) is 0 Å². The highest BCUT2D eigenvalue weighted by Crippen LogP contribution is 2.08. The standard InChI is InChI=1S/C12H22N2O2/c1-4-6-15-7-5-12-11(14-9-16-12)8-13-10(2)3/h9-10,13H,4-8H2,1-3H3. The van der Waals surface area contributed by atoms with Crippen molar-refractivity contribution in [2.45, 2.75) is 46.2 Å². The molecule has 0 saturated carbocycles. The molecule has 1 rings (SSSR count). The molecule has 0 aromatic carbocycles. The lowest BCUT2D eigenvalue weighted by molar-refractivity contribution is 0.134. The summed E-state index contributed by atoms with van der Waals surface area (Å²) in [5.74, 6) is 0.934. The average Bonchev–Trinajstić information content (AvgIpc) is 2.69. The number of nitrogens with zero attached hydrogens (tertiary/aromatic N) is 1. The third kappa shape index (κ3) is 4.77. The Hall–Kier alpha value is -0.870. The van der Waals surface area contributed by atoms with E-state index in [2.05, 4.69) is 31.1 Å². The van der Waals surface area contributed by atoms with Gasteiger partial charge in [-0.3, -0.25) is 0 Å². The van der Waals surface area contributed by atoms with Gasteiger partial charge in [0.15, 0.2) is 6.39 Å². The van der Waals surface area contributed by atoms with E-state index in [0.29, 0.717) is 12.6 Å². The van der Waals surface area contributed by atoms with Crippen LogP contribution in [0.3, 0.4) is 0 Å². The van der Waals surface area contributed by atoms with Crippen LogP contribution in [0.5, 0.6) is 0 Å². The molecule has 16 heavy (non-hydrogen) atoms. The Bertz CT molecular complexity index is 284. The molecule has 0 radical (unpaired) electrons. The van der Waals surface area contributed by atoms with Gasteiger partial charge < -0.3 is 14.5 Å². The van der Waals surface area contributed by atoms with Crippen LogP contribution >= 0.6 is 0 Å². The van der Waals surface area contributed by atoms with Crippen molar-refractivity contribution in [3.05, 3.63) is 17.8 Å². The Morgan fingerprint density at radius 2 is 2.25 bits per heavy atom. The van der Waals surface area contributed by atoms with E-state index < -0.39 is 0 Å². The molecule has 0 bridgehead atoms. The van der Waals surface area contributed by atoms with Crippen LogP contribution in [0.15, 0.2) is 10.8 Å². The Kier molecular flexibility index (Phi) is 6.11. The predicted molar refractivity (Wildman–Crippen MR) is 63.3 cm³/mol. The number of hydrogen-bond donors (Lipinski definition) is 1. The van der Waals surface area contributed by atoms with Gasteiger partial charge >= 0.3 is 0 Å². The van der Waals surface area contributed by atoms with Gasteiger partial charge in [0.2, 0.25) is 0 Å². The summed E-state index contributed by atoms with van der Waals surface area (Å²) in [5, 5.41) is 3.33. The topological polar surface area (TPSA) is 47.3 Å². The number of hydrogen-bond acceptors (Lipinski definition) is 4. The van der Waals surface area contributed by atoms with Gasteiger partial charge in [-0.2, -0.15) is 0 Å². The maximum Gasteiger partial charge on any atom is 0.181 e. The van der Waals surface area contributed by atoms with Crippen molar-refractivity contribution >= 4 is 0 Å². The van der Waals surface area contributed by atoms with Gasteiger partial charge in [-0.25, -0.2) is 4.98 Å². The molecule has 0 spiro atoms. The molecule has 1 aromatic heterocycles. The zero-order valence-corrected chi connectivity index (χ0v) is 10.5. The number of nitrogens with one attached hydrogen (secondary N) is 1. The molecule has 0 amide bonds. The molecule has 1 heterocycles. The number of rotatable bonds is 8. The zero-order chi connectivity index (χ0) is 11.8. The van der Waals surface area contributed by atoms with E-state index in [4.69, 9.17) is 9.15 Å². The first-order valence-corrected chi connectivity index (χ1v) is 5.96. The first-order chi connectivity index (χ1) is 7.74. The second-order valence-corrected chi connectivity index (χ2v) is 4.12. The fourth-order valence-corrected chi connectivity index (χ4v) is 1.35. The van der Waals surface area contributed by atoms with Crippen LogP contribution in [-0.2, 0) is 17.7 Å². The number of aromatic nitrogens is 1. The second kappa shape index (κ2) is 7.41. The lowest BCUT2D eigenvalue weighted by Gasteiger charge is -2.07. The van der Waals surface area contributed by atoms with E-state index in [1.807, 2.05) is 0 Å². The Labute approximate surface area is 97.4 Å². The van der Waals surface area contributed by atoms with E-state index in [0.717, 1.165) is 37.4 Å². The van der Waals surface area contributed by atoms with Crippen molar-refractivity contribution in [2.75, 3.05) is 13.2 Å². The molecule has 0 unspecified atom stereocenters. The van der Waals surface area contributed by atoms with Crippen LogP contribution in [0.2, 0.25) is 0 Å². The highest BCUT2D eigenvalue weighted by molar-refractivity contribution is 5.07. The van der Waals surface area contributed by atoms with Crippen LogP contribution < -0.4 is 5.32 Å². The maximum atomic E-state index is 5.43. The molecule has 0 aliphatic heterocycles. The first kappa shape index (κ1) is 13.2. The fraction of sp³-hybridized carbons (Fsp3) is 0.750. The van der Waals surface area contributed by atoms with Gasteiger partial charge in [-0.15, -0.1) is 0 Å². The Balaban J connectivity index is 2.32. The summed E-state index contributed by atoms with van der Waals surface area (Å²) < 4.78 is 10.8. The molecule has 1 N–H and O–H groups in total. The minimum atomic E-state index is 0.459. The smallest absolute Gasteiger partial charge is 0.181 e. The van der Waals surface area contributed by atoms with E-state index in [1.54, 1.807) is 0 Å². The van der Waals surface area contributed by atoms with Crippen molar-refractivity contribution in [1.82, 2.24) is 10.3 Å². The minimum Gasteiger partial charge on any atom is -0.448 e. The number of ether oxygens (including phenoxy) is 1. The second-order valence-electron chi connectivity index (χ2n) is 4.12. The molecule has 0 fully saturated rings. The molecular weight excluding hydrogens is 204 g/mol. The molecule has 4 nitrogen and oxygen atoms in total. The van der Waals surface area contributed by atoms with Gasteiger partial charge in [0.05, 0.1) is 12.3 Å². The molecule has 0 aliphatic carbocycles. The number of oxazole rings is 1. The van der Waals surface area contributed by atoms with Gasteiger partial charge in [-0.1, -0.05) is 20.8 Å². The summed E-state index contributed by atoms with van der Waals surface area (Å²) in [4.78, 5) is 4.20. The summed E-state index contributed by atoms with van der Waals surface area (Å²) in [6.45, 7) is 8.61. The van der Waals surface area contributed by atoms with E-state index in [-0.39, 0.29) is 0 Å². The van der Waals surface area contributed by atoms with Gasteiger partial charge in [0.1, 0.15) is 5.76 Å². The fourth-order valence-electron chi connectivity index (χ4n) is 1.35. The largest absolute Gasteiger partial charge is 0.448 e. The highest BCUT2D eigenvalue weighted by Gasteiger charge is 2.08. The van der Waals surface area contributed by atoms with Crippen LogP contribution in [-0.4, -0.2) is 24.2 Å². The van der Waals surface area contributed by atoms with E-state index in [1.165, 1.54) is 6.39 Å². The summed E-state index contributed by atoms with van der Waals surface area (Å²) in [7, 11) is 0. The Morgan fingerprint density at radius 1 is 1.44 bits per heavy atom. The predicted octanol–water partition coefficient (Wildman–Crippen LogP) is 2.14. The molecule has 0 aliphatic rings. The van der Waals surface area contributed by atoms with Crippen molar-refractivity contribution in [3.63, 3.8) is 0 Å². The normalized spacial score (nSPS) is 11.2. The van der Waals surface area contributed by atoms with Crippen molar-refractivity contribution in [2.24, 2.45) is 0 Å². The maximum absolute atomic E-state index is 5.43. The zero-order valence-electron chi connectivity index (χ0n) is 10.5. The highest BCUT2D eigenvalue weighted by atomic mass is 16.5. The molecule has 0 atom stereocenters. The average molecular weight is 226 g/mol. The monoisotopic (exact) mass is 226 g/mol. The van der Waals surface area contributed by atoms with Crippen molar-refractivity contribution < 1.29 is 9.15 Å². The van der Waals surface area contributed by atoms with Crippen molar-refractivity contribution in [3.8, 4) is 0 Å². The van der Waals surface area contributed by atoms with Crippen molar-refractivity contribution in [1.29, 1.82) is 0 Å². The minimum absolute atomic E-state index is 0.459. The summed E-state index contributed by atoms with van der Waals surface area (Å²) in [6.07, 6.45) is 3.36. The lowest BCUT2D eigenvalue weighted by Crippen LogP contribution is -2.22. The molecule has 92 valence electrons. The first-order valence-electron chi connectivity index (χ1n) is 5.96. The van der Waals surface area contributed by atoms with Crippen LogP contribution in [0.1, 0.15) is 38.6 Å². The summed E-state index contributed by atoms with van der Waals surface area (Å²) in [6, 6.07) is 0.459. The third-order valence-corrected chi connectivity index (χ3v) is 2.23. The van der Waals surface area contributed by atoms with Crippen LogP contribution in [0.4, 0.5) is 0 Å². The quantitative estimate of drug-likeness (QED) is 0.690. The molecule has 1 aromatic rings. The lowest BCUT2D eigenvalue weighted by atomic mass is 10.2.